The third kappa shape index (κ3) is 2.13. The number of hydrogen-bond donors (Lipinski definition) is 1. The largest absolute Gasteiger partial charge is 0.330 e. The summed E-state index contributed by atoms with van der Waals surface area (Å²) in [4.78, 5) is 5.41. The Morgan fingerprint density at radius 1 is 1.19 bits per heavy atom. The predicted octanol–water partition coefficient (Wildman–Crippen LogP) is 0.895. The van der Waals surface area contributed by atoms with Crippen LogP contribution in [0.15, 0.2) is 0 Å². The first-order valence-corrected chi connectivity index (χ1v) is 6.98. The van der Waals surface area contributed by atoms with E-state index in [9.17, 15) is 0 Å². The molecule has 2 aliphatic heterocycles. The Balaban J connectivity index is 1.52. The van der Waals surface area contributed by atoms with Crippen molar-refractivity contribution < 1.29 is 0 Å². The molecule has 0 bridgehead atoms. The summed E-state index contributed by atoms with van der Waals surface area (Å²) in [5.41, 5.74) is 6.35. The highest BCUT2D eigenvalue weighted by molar-refractivity contribution is 4.97. The number of rotatable bonds is 4. The highest BCUT2D eigenvalue weighted by Gasteiger charge is 2.44. The quantitative estimate of drug-likeness (QED) is 0.768. The molecule has 1 atom stereocenters. The molecule has 1 unspecified atom stereocenters. The molecule has 0 spiro atoms. The zero-order chi connectivity index (χ0) is 11.0. The monoisotopic (exact) mass is 223 g/mol. The molecule has 0 aromatic heterocycles. The minimum absolute atomic E-state index is 0.634. The van der Waals surface area contributed by atoms with Gasteiger partial charge in [0.1, 0.15) is 0 Å². The fraction of sp³-hybridized carbons (Fsp3) is 1.00. The molecular formula is C13H25N3. The molecule has 0 aromatic rings. The van der Waals surface area contributed by atoms with E-state index < -0.39 is 0 Å². The summed E-state index contributed by atoms with van der Waals surface area (Å²) < 4.78 is 0. The first-order valence-electron chi connectivity index (χ1n) is 6.98. The van der Waals surface area contributed by atoms with E-state index in [0.29, 0.717) is 5.41 Å². The van der Waals surface area contributed by atoms with Gasteiger partial charge < -0.3 is 5.73 Å². The molecule has 3 heteroatoms. The Morgan fingerprint density at radius 2 is 2.06 bits per heavy atom. The van der Waals surface area contributed by atoms with Crippen LogP contribution in [0.2, 0.25) is 0 Å². The number of hydrogen-bond acceptors (Lipinski definition) is 3. The van der Waals surface area contributed by atoms with E-state index in [4.69, 9.17) is 5.73 Å². The van der Waals surface area contributed by atoms with E-state index in [0.717, 1.165) is 12.6 Å². The zero-order valence-electron chi connectivity index (χ0n) is 10.3. The standard InChI is InChI=1S/C13H25N3/c14-6-5-13(3-4-13)11-15-8-9-16-7-1-2-12(16)10-15/h12H,1-11,14H2. The maximum absolute atomic E-state index is 5.72. The van der Waals surface area contributed by atoms with Gasteiger partial charge in [-0.3, -0.25) is 9.80 Å². The molecule has 16 heavy (non-hydrogen) atoms. The van der Waals surface area contributed by atoms with Crippen molar-refractivity contribution in [3.05, 3.63) is 0 Å². The molecular weight excluding hydrogens is 198 g/mol. The molecule has 3 nitrogen and oxygen atoms in total. The Morgan fingerprint density at radius 3 is 2.81 bits per heavy atom. The molecule has 0 radical (unpaired) electrons. The Kier molecular flexibility index (Phi) is 2.94. The van der Waals surface area contributed by atoms with Crippen molar-refractivity contribution in [2.24, 2.45) is 11.1 Å². The fourth-order valence-corrected chi connectivity index (χ4v) is 3.64. The van der Waals surface area contributed by atoms with Gasteiger partial charge in [0.25, 0.3) is 0 Å². The van der Waals surface area contributed by atoms with Crippen molar-refractivity contribution in [2.45, 2.75) is 38.1 Å². The van der Waals surface area contributed by atoms with E-state index in [1.165, 1.54) is 64.8 Å². The minimum atomic E-state index is 0.634. The highest BCUT2D eigenvalue weighted by Crippen LogP contribution is 2.49. The number of piperazine rings is 1. The SMILES string of the molecule is NCCC1(CN2CCN3CCCC3C2)CC1. The lowest BCUT2D eigenvalue weighted by molar-refractivity contribution is 0.0866. The van der Waals surface area contributed by atoms with Crippen LogP contribution in [0.5, 0.6) is 0 Å². The van der Waals surface area contributed by atoms with Gasteiger partial charge in [-0.05, 0) is 50.6 Å². The normalized spacial score (nSPS) is 33.9. The summed E-state index contributed by atoms with van der Waals surface area (Å²) in [6.07, 6.45) is 6.95. The van der Waals surface area contributed by atoms with Gasteiger partial charge in [-0.1, -0.05) is 0 Å². The molecule has 0 aromatic carbocycles. The van der Waals surface area contributed by atoms with Crippen LogP contribution in [-0.2, 0) is 0 Å². The predicted molar refractivity (Wildman–Crippen MR) is 66.4 cm³/mol. The van der Waals surface area contributed by atoms with Crippen LogP contribution < -0.4 is 5.73 Å². The highest BCUT2D eigenvalue weighted by atomic mass is 15.3. The second-order valence-electron chi connectivity index (χ2n) is 6.11. The van der Waals surface area contributed by atoms with Crippen molar-refractivity contribution in [3.63, 3.8) is 0 Å². The van der Waals surface area contributed by atoms with Gasteiger partial charge in [0.15, 0.2) is 0 Å². The second kappa shape index (κ2) is 4.28. The molecule has 3 fully saturated rings. The third-order valence-corrected chi connectivity index (χ3v) is 4.86. The van der Waals surface area contributed by atoms with Gasteiger partial charge in [-0.25, -0.2) is 0 Å². The van der Waals surface area contributed by atoms with Gasteiger partial charge in [-0.15, -0.1) is 0 Å². The van der Waals surface area contributed by atoms with Gasteiger partial charge in [0.2, 0.25) is 0 Å². The van der Waals surface area contributed by atoms with E-state index in [-0.39, 0.29) is 0 Å². The average molecular weight is 223 g/mol. The molecule has 0 amide bonds. The van der Waals surface area contributed by atoms with Crippen LogP contribution >= 0.6 is 0 Å². The first kappa shape index (κ1) is 11.0. The molecule has 1 saturated carbocycles. The second-order valence-corrected chi connectivity index (χ2v) is 6.11. The van der Waals surface area contributed by atoms with Crippen LogP contribution in [0.25, 0.3) is 0 Å². The van der Waals surface area contributed by atoms with Gasteiger partial charge in [0.05, 0.1) is 0 Å². The van der Waals surface area contributed by atoms with Crippen LogP contribution in [0, 0.1) is 5.41 Å². The van der Waals surface area contributed by atoms with E-state index >= 15 is 0 Å². The summed E-state index contributed by atoms with van der Waals surface area (Å²) >= 11 is 0. The molecule has 2 N–H and O–H groups in total. The van der Waals surface area contributed by atoms with Crippen LogP contribution in [0.4, 0.5) is 0 Å². The van der Waals surface area contributed by atoms with Crippen LogP contribution in [-0.4, -0.2) is 55.1 Å². The number of fused-ring (bicyclic) bond motifs is 1. The van der Waals surface area contributed by atoms with Gasteiger partial charge in [-0.2, -0.15) is 0 Å². The summed E-state index contributed by atoms with van der Waals surface area (Å²) in [5, 5.41) is 0. The van der Waals surface area contributed by atoms with E-state index in [2.05, 4.69) is 9.80 Å². The van der Waals surface area contributed by atoms with Gasteiger partial charge >= 0.3 is 0 Å². The summed E-state index contributed by atoms with van der Waals surface area (Å²) in [7, 11) is 0. The van der Waals surface area contributed by atoms with Crippen molar-refractivity contribution in [3.8, 4) is 0 Å². The summed E-state index contributed by atoms with van der Waals surface area (Å²) in [6.45, 7) is 7.49. The van der Waals surface area contributed by atoms with Crippen LogP contribution in [0.1, 0.15) is 32.1 Å². The van der Waals surface area contributed by atoms with E-state index in [1.807, 2.05) is 0 Å². The van der Waals surface area contributed by atoms with Crippen LogP contribution in [0.3, 0.4) is 0 Å². The fourth-order valence-electron chi connectivity index (χ4n) is 3.64. The summed E-state index contributed by atoms with van der Waals surface area (Å²) in [5.74, 6) is 0. The smallest absolute Gasteiger partial charge is 0.0224 e. The third-order valence-electron chi connectivity index (χ3n) is 4.86. The zero-order valence-corrected chi connectivity index (χ0v) is 10.3. The average Bonchev–Trinajstić information content (AvgIpc) is 2.87. The van der Waals surface area contributed by atoms with Crippen molar-refractivity contribution in [2.75, 3.05) is 39.3 Å². The van der Waals surface area contributed by atoms with Crippen molar-refractivity contribution in [1.82, 2.24) is 9.80 Å². The molecule has 3 aliphatic rings. The number of nitrogens with zero attached hydrogens (tertiary/aromatic N) is 2. The summed E-state index contributed by atoms with van der Waals surface area (Å²) in [6, 6.07) is 0.877. The lowest BCUT2D eigenvalue weighted by atomic mass is 10.0. The molecule has 1 aliphatic carbocycles. The van der Waals surface area contributed by atoms with Gasteiger partial charge in [0, 0.05) is 32.2 Å². The molecule has 2 heterocycles. The molecule has 3 rings (SSSR count). The topological polar surface area (TPSA) is 32.5 Å². The Hall–Kier alpha value is -0.120. The first-order chi connectivity index (χ1) is 7.81. The molecule has 2 saturated heterocycles. The minimum Gasteiger partial charge on any atom is -0.330 e. The van der Waals surface area contributed by atoms with Crippen molar-refractivity contribution >= 4 is 0 Å². The maximum atomic E-state index is 5.72. The molecule has 92 valence electrons. The van der Waals surface area contributed by atoms with Crippen molar-refractivity contribution in [1.29, 1.82) is 0 Å². The Bertz CT molecular complexity index is 250. The maximum Gasteiger partial charge on any atom is 0.0224 e. The number of nitrogens with two attached hydrogens (primary N) is 1. The lowest BCUT2D eigenvalue weighted by Crippen LogP contribution is -2.51. The lowest BCUT2D eigenvalue weighted by Gasteiger charge is -2.39. The Labute approximate surface area is 99.0 Å². The van der Waals surface area contributed by atoms with E-state index in [1.54, 1.807) is 0 Å².